The Morgan fingerprint density at radius 3 is 2.00 bits per heavy atom. The monoisotopic (exact) mass is 662 g/mol. The normalized spacial score (nSPS) is 26.1. The van der Waals surface area contributed by atoms with Crippen molar-refractivity contribution in [3.8, 4) is 23.0 Å². The number of fused-ring (bicyclic) bond motifs is 3. The zero-order valence-electron chi connectivity index (χ0n) is 29.6. The summed E-state index contributed by atoms with van der Waals surface area (Å²) in [5.41, 5.74) is 10.6. The van der Waals surface area contributed by atoms with E-state index in [2.05, 4.69) is 47.9 Å². The molecule has 3 heterocycles. The van der Waals surface area contributed by atoms with Crippen molar-refractivity contribution < 1.29 is 23.7 Å². The average Bonchev–Trinajstić information content (AvgIpc) is 3.13. The second-order valence-electron chi connectivity index (χ2n) is 13.6. The van der Waals surface area contributed by atoms with E-state index in [9.17, 15) is 4.79 Å². The average molecular weight is 663 g/mol. The van der Waals surface area contributed by atoms with Gasteiger partial charge in [0.05, 0.1) is 34.0 Å². The van der Waals surface area contributed by atoms with E-state index in [-0.39, 0.29) is 35.3 Å². The molecule has 1 aliphatic carbocycles. The highest BCUT2D eigenvalue weighted by Gasteiger charge is 2.56. The molecule has 2 fully saturated rings. The van der Waals surface area contributed by atoms with E-state index in [1.54, 1.807) is 28.4 Å². The Morgan fingerprint density at radius 2 is 1.40 bits per heavy atom. The molecule has 3 aliphatic heterocycles. The number of carbonyl (C=O) groups is 1. The molecular formula is C37H54N6O5. The summed E-state index contributed by atoms with van der Waals surface area (Å²) in [5, 5.41) is 7.87. The van der Waals surface area contributed by atoms with Crippen molar-refractivity contribution in [1.29, 1.82) is 5.41 Å². The van der Waals surface area contributed by atoms with Gasteiger partial charge in [-0.1, -0.05) is 13.8 Å². The van der Waals surface area contributed by atoms with Gasteiger partial charge in [-0.3, -0.25) is 20.0 Å². The van der Waals surface area contributed by atoms with Gasteiger partial charge < -0.3 is 34.5 Å². The quantitative estimate of drug-likeness (QED) is 0.321. The lowest BCUT2D eigenvalue weighted by Gasteiger charge is -2.60. The SMILES string of the molecule is CCN1CCc2cc(OC)c(OC)cc2C1[C@H]1C[C@H](C(=O)N2CCN(C(=N)N)CC2)CC[C@]12c1cc(OC)c(OC)cc1CCN2CC. The van der Waals surface area contributed by atoms with Gasteiger partial charge in [-0.25, -0.2) is 0 Å². The summed E-state index contributed by atoms with van der Waals surface area (Å²) >= 11 is 0. The topological polar surface area (TPSA) is 117 Å². The minimum absolute atomic E-state index is 0.0665. The molecule has 262 valence electrons. The zero-order valence-corrected chi connectivity index (χ0v) is 29.6. The number of carbonyl (C=O) groups excluding carboxylic acids is 1. The molecule has 0 bridgehead atoms. The van der Waals surface area contributed by atoms with Crippen LogP contribution >= 0.6 is 0 Å². The van der Waals surface area contributed by atoms with Crippen LogP contribution in [0.1, 0.15) is 61.4 Å². The molecule has 11 heteroatoms. The maximum absolute atomic E-state index is 14.4. The van der Waals surface area contributed by atoms with Gasteiger partial charge in [-0.05, 0) is 91.7 Å². The third kappa shape index (κ3) is 5.72. The van der Waals surface area contributed by atoms with Gasteiger partial charge in [0.15, 0.2) is 29.0 Å². The highest BCUT2D eigenvalue weighted by molar-refractivity contribution is 5.80. The maximum Gasteiger partial charge on any atom is 0.225 e. The molecule has 0 aromatic heterocycles. The van der Waals surface area contributed by atoms with Crippen LogP contribution in [0.2, 0.25) is 0 Å². The number of methoxy groups -OCH3 is 4. The van der Waals surface area contributed by atoms with Crippen molar-refractivity contribution in [2.24, 2.45) is 17.6 Å². The molecule has 2 aromatic rings. The van der Waals surface area contributed by atoms with E-state index < -0.39 is 0 Å². The molecule has 1 unspecified atom stereocenters. The number of likely N-dealkylation sites (N-methyl/N-ethyl adjacent to an activating group) is 2. The van der Waals surface area contributed by atoms with Gasteiger partial charge in [0.1, 0.15) is 0 Å². The van der Waals surface area contributed by atoms with Crippen LogP contribution in [0.3, 0.4) is 0 Å². The number of hydrogen-bond donors (Lipinski definition) is 2. The highest BCUT2D eigenvalue weighted by Crippen LogP contribution is 2.58. The van der Waals surface area contributed by atoms with Crippen LogP contribution in [0.5, 0.6) is 23.0 Å². The summed E-state index contributed by atoms with van der Waals surface area (Å²) in [6.07, 6.45) is 4.32. The van der Waals surface area contributed by atoms with Crippen molar-refractivity contribution in [1.82, 2.24) is 19.6 Å². The molecule has 4 atom stereocenters. The summed E-state index contributed by atoms with van der Waals surface area (Å²) in [6, 6.07) is 8.86. The first-order valence-electron chi connectivity index (χ1n) is 17.6. The minimum atomic E-state index is -0.314. The fourth-order valence-electron chi connectivity index (χ4n) is 9.42. The van der Waals surface area contributed by atoms with Crippen LogP contribution in [0.15, 0.2) is 24.3 Å². The smallest absolute Gasteiger partial charge is 0.225 e. The number of benzene rings is 2. The van der Waals surface area contributed by atoms with E-state index in [4.69, 9.17) is 30.1 Å². The number of guanidine groups is 1. The predicted octanol–water partition coefficient (Wildman–Crippen LogP) is 3.87. The second-order valence-corrected chi connectivity index (χ2v) is 13.6. The van der Waals surface area contributed by atoms with Crippen LogP contribution in [0.25, 0.3) is 0 Å². The van der Waals surface area contributed by atoms with Crippen LogP contribution < -0.4 is 24.7 Å². The Balaban J connectivity index is 1.50. The Kier molecular flexibility index (Phi) is 9.99. The molecule has 1 saturated carbocycles. The lowest BCUT2D eigenvalue weighted by Crippen LogP contribution is -2.61. The third-order valence-electron chi connectivity index (χ3n) is 11.8. The number of ether oxygens (including phenoxy) is 4. The summed E-state index contributed by atoms with van der Waals surface area (Å²) in [6.45, 7) is 10.6. The number of nitrogens with one attached hydrogen (secondary N) is 1. The molecule has 11 nitrogen and oxygen atoms in total. The van der Waals surface area contributed by atoms with E-state index >= 15 is 0 Å². The zero-order chi connectivity index (χ0) is 34.2. The van der Waals surface area contributed by atoms with Gasteiger partial charge in [-0.2, -0.15) is 0 Å². The van der Waals surface area contributed by atoms with Crippen molar-refractivity contribution in [2.75, 3.05) is 80.8 Å². The lowest BCUT2D eigenvalue weighted by atomic mass is 9.58. The Morgan fingerprint density at radius 1 is 0.812 bits per heavy atom. The number of hydrogen-bond acceptors (Lipinski definition) is 8. The lowest BCUT2D eigenvalue weighted by molar-refractivity contribution is -0.143. The van der Waals surface area contributed by atoms with E-state index in [1.807, 2.05) is 9.80 Å². The fraction of sp³-hybridized carbons (Fsp3) is 0.622. The van der Waals surface area contributed by atoms with Crippen LogP contribution in [-0.2, 0) is 23.2 Å². The summed E-state index contributed by atoms with van der Waals surface area (Å²) < 4.78 is 23.4. The number of piperazine rings is 1. The molecule has 1 spiro atoms. The minimum Gasteiger partial charge on any atom is -0.493 e. The molecular weight excluding hydrogens is 608 g/mol. The first kappa shape index (κ1) is 34.2. The second kappa shape index (κ2) is 14.0. The van der Waals surface area contributed by atoms with Crippen LogP contribution in [0, 0.1) is 17.2 Å². The van der Waals surface area contributed by atoms with Gasteiger partial charge in [0.25, 0.3) is 0 Å². The molecule has 3 N–H and O–H groups in total. The standard InChI is InChI=1S/C37H54N6O5/c1-7-40-13-10-24-20-30(45-3)32(47-5)22-27(24)34(40)29-19-26(35(44)41-15-17-42(18-16-41)36(38)39)9-12-37(29)28-23-33(48-6)31(46-4)21-25(28)11-14-43(37)8-2/h20-23,26,29,34H,7-19H2,1-6H3,(H3,38,39)/t26-,29-,34?,37+/m1/s1. The van der Waals surface area contributed by atoms with E-state index in [0.29, 0.717) is 26.2 Å². The van der Waals surface area contributed by atoms with Crippen molar-refractivity contribution in [3.05, 3.63) is 46.5 Å². The number of amides is 1. The van der Waals surface area contributed by atoms with Gasteiger partial charge >= 0.3 is 0 Å². The molecule has 6 rings (SSSR count). The first-order valence-corrected chi connectivity index (χ1v) is 17.6. The summed E-state index contributed by atoms with van der Waals surface area (Å²) in [5.74, 6) is 3.32. The molecule has 1 saturated heterocycles. The number of nitrogens with two attached hydrogens (primary N) is 1. The van der Waals surface area contributed by atoms with Crippen molar-refractivity contribution in [2.45, 2.75) is 57.5 Å². The Bertz CT molecular complexity index is 1510. The summed E-state index contributed by atoms with van der Waals surface area (Å²) in [7, 11) is 6.83. The highest BCUT2D eigenvalue weighted by atomic mass is 16.5. The molecule has 48 heavy (non-hydrogen) atoms. The number of rotatable bonds is 8. The molecule has 2 aromatic carbocycles. The summed E-state index contributed by atoms with van der Waals surface area (Å²) in [4.78, 5) is 23.6. The molecule has 1 amide bonds. The van der Waals surface area contributed by atoms with Crippen molar-refractivity contribution >= 4 is 11.9 Å². The van der Waals surface area contributed by atoms with E-state index in [0.717, 1.165) is 81.3 Å². The van der Waals surface area contributed by atoms with E-state index in [1.165, 1.54) is 22.3 Å². The molecule has 4 aliphatic rings. The fourth-order valence-corrected chi connectivity index (χ4v) is 9.42. The van der Waals surface area contributed by atoms with Gasteiger partial charge in [0.2, 0.25) is 5.91 Å². The van der Waals surface area contributed by atoms with Crippen LogP contribution in [-0.4, -0.2) is 112 Å². The first-order chi connectivity index (χ1) is 23.2. The maximum atomic E-state index is 14.4. The van der Waals surface area contributed by atoms with Crippen LogP contribution in [0.4, 0.5) is 0 Å². The molecule has 0 radical (unpaired) electrons. The van der Waals surface area contributed by atoms with Gasteiger partial charge in [0, 0.05) is 57.1 Å². The largest absolute Gasteiger partial charge is 0.493 e. The third-order valence-corrected chi connectivity index (χ3v) is 11.8. The van der Waals surface area contributed by atoms with Gasteiger partial charge in [-0.15, -0.1) is 0 Å². The Labute approximate surface area is 285 Å². The van der Waals surface area contributed by atoms with Crippen molar-refractivity contribution in [3.63, 3.8) is 0 Å². The Hall–Kier alpha value is -3.70. The predicted molar refractivity (Wildman–Crippen MR) is 186 cm³/mol. The number of nitrogens with zero attached hydrogens (tertiary/aromatic N) is 4.